The summed E-state index contributed by atoms with van der Waals surface area (Å²) in [6.45, 7) is 3.89. The standard InChI is InChI=1S/C15H19NO4S2/c1-10-4-5-13(22(3,19)20)7-14(10)16-8-12(6-15(16)18)9-21-11(2)17/h4-5,7,12H,6,8-9H2,1-3H3. The lowest BCUT2D eigenvalue weighted by Crippen LogP contribution is -2.25. The molecule has 0 N–H and O–H groups in total. The Morgan fingerprint density at radius 1 is 1.41 bits per heavy atom. The molecule has 0 saturated carbocycles. The van der Waals surface area contributed by atoms with Gasteiger partial charge in [0.15, 0.2) is 15.0 Å². The number of carbonyl (C=O) groups excluding carboxylic acids is 2. The van der Waals surface area contributed by atoms with E-state index in [1.807, 2.05) is 6.92 Å². The van der Waals surface area contributed by atoms with Crippen LogP contribution in [-0.2, 0) is 19.4 Å². The summed E-state index contributed by atoms with van der Waals surface area (Å²) in [7, 11) is -3.31. The number of aryl methyl sites for hydroxylation is 1. The van der Waals surface area contributed by atoms with Gasteiger partial charge in [0.25, 0.3) is 0 Å². The summed E-state index contributed by atoms with van der Waals surface area (Å²) >= 11 is 1.23. The van der Waals surface area contributed by atoms with Gasteiger partial charge in [0, 0.05) is 37.6 Å². The molecule has 1 aromatic rings. The van der Waals surface area contributed by atoms with E-state index in [1.54, 1.807) is 23.1 Å². The van der Waals surface area contributed by atoms with Crippen molar-refractivity contribution in [3.05, 3.63) is 23.8 Å². The third-order valence-corrected chi connectivity index (χ3v) is 5.78. The van der Waals surface area contributed by atoms with Crippen LogP contribution in [0.1, 0.15) is 18.9 Å². The second-order valence-corrected chi connectivity index (χ2v) is 8.81. The molecule has 1 saturated heterocycles. The predicted molar refractivity (Wildman–Crippen MR) is 87.9 cm³/mol. The van der Waals surface area contributed by atoms with Crippen molar-refractivity contribution in [2.75, 3.05) is 23.5 Å². The molecule has 22 heavy (non-hydrogen) atoms. The zero-order valence-corrected chi connectivity index (χ0v) is 14.5. The van der Waals surface area contributed by atoms with Crippen molar-refractivity contribution in [3.8, 4) is 0 Å². The van der Waals surface area contributed by atoms with Crippen molar-refractivity contribution in [1.29, 1.82) is 0 Å². The SMILES string of the molecule is CC(=O)SCC1CC(=O)N(c2cc(S(C)(=O)=O)ccc2C)C1. The fraction of sp³-hybridized carbons (Fsp3) is 0.467. The van der Waals surface area contributed by atoms with Gasteiger partial charge in [0.2, 0.25) is 5.91 Å². The van der Waals surface area contributed by atoms with E-state index in [0.717, 1.165) is 11.8 Å². The fourth-order valence-corrected chi connectivity index (χ4v) is 3.81. The number of sulfone groups is 1. The molecule has 0 radical (unpaired) electrons. The van der Waals surface area contributed by atoms with E-state index >= 15 is 0 Å². The number of hydrogen-bond donors (Lipinski definition) is 0. The minimum atomic E-state index is -3.31. The molecular formula is C15H19NO4S2. The molecule has 1 heterocycles. The summed E-state index contributed by atoms with van der Waals surface area (Å²) in [6, 6.07) is 4.83. The number of amides is 1. The second-order valence-electron chi connectivity index (χ2n) is 5.60. The summed E-state index contributed by atoms with van der Waals surface area (Å²) in [5.41, 5.74) is 1.50. The van der Waals surface area contributed by atoms with Crippen LogP contribution in [0.5, 0.6) is 0 Å². The van der Waals surface area contributed by atoms with Gasteiger partial charge in [-0.05, 0) is 30.5 Å². The van der Waals surface area contributed by atoms with Crippen LogP contribution in [0.4, 0.5) is 5.69 Å². The molecule has 0 aromatic heterocycles. The third kappa shape index (κ3) is 3.89. The Kier molecular flexibility index (Phi) is 4.97. The smallest absolute Gasteiger partial charge is 0.227 e. The van der Waals surface area contributed by atoms with Crippen molar-refractivity contribution in [2.45, 2.75) is 25.2 Å². The Balaban J connectivity index is 2.25. The molecule has 0 spiro atoms. The second kappa shape index (κ2) is 6.42. The van der Waals surface area contributed by atoms with E-state index in [4.69, 9.17) is 0 Å². The maximum Gasteiger partial charge on any atom is 0.227 e. The highest BCUT2D eigenvalue weighted by molar-refractivity contribution is 8.13. The molecule has 120 valence electrons. The minimum absolute atomic E-state index is 0.0251. The Morgan fingerprint density at radius 3 is 2.68 bits per heavy atom. The average Bonchev–Trinajstić information content (AvgIpc) is 2.77. The van der Waals surface area contributed by atoms with Crippen LogP contribution in [0.3, 0.4) is 0 Å². The van der Waals surface area contributed by atoms with Crippen molar-refractivity contribution < 1.29 is 18.0 Å². The Bertz CT molecular complexity index is 712. The van der Waals surface area contributed by atoms with Crippen LogP contribution in [0.25, 0.3) is 0 Å². The van der Waals surface area contributed by atoms with Crippen LogP contribution in [0, 0.1) is 12.8 Å². The van der Waals surface area contributed by atoms with Gasteiger partial charge in [-0.3, -0.25) is 9.59 Å². The molecule has 0 bridgehead atoms. The van der Waals surface area contributed by atoms with Crippen molar-refractivity contribution in [2.24, 2.45) is 5.92 Å². The van der Waals surface area contributed by atoms with E-state index in [-0.39, 0.29) is 21.8 Å². The monoisotopic (exact) mass is 341 g/mol. The largest absolute Gasteiger partial charge is 0.312 e. The van der Waals surface area contributed by atoms with E-state index in [2.05, 4.69) is 0 Å². The number of hydrogen-bond acceptors (Lipinski definition) is 5. The van der Waals surface area contributed by atoms with Gasteiger partial charge in [-0.25, -0.2) is 8.42 Å². The number of nitrogens with zero attached hydrogens (tertiary/aromatic N) is 1. The lowest BCUT2D eigenvalue weighted by atomic mass is 10.1. The number of rotatable bonds is 4. The van der Waals surface area contributed by atoms with Crippen LogP contribution >= 0.6 is 11.8 Å². The number of anilines is 1. The number of carbonyl (C=O) groups is 2. The zero-order chi connectivity index (χ0) is 16.5. The first-order valence-electron chi connectivity index (χ1n) is 6.93. The van der Waals surface area contributed by atoms with Crippen molar-refractivity contribution in [3.63, 3.8) is 0 Å². The first-order chi connectivity index (χ1) is 10.2. The summed E-state index contributed by atoms with van der Waals surface area (Å²) in [6.07, 6.45) is 1.54. The molecule has 1 aliphatic heterocycles. The van der Waals surface area contributed by atoms with Gasteiger partial charge in [0.1, 0.15) is 0 Å². The maximum absolute atomic E-state index is 12.2. The van der Waals surface area contributed by atoms with Gasteiger partial charge >= 0.3 is 0 Å². The molecule has 7 heteroatoms. The quantitative estimate of drug-likeness (QED) is 0.838. The average molecular weight is 341 g/mol. The molecule has 1 atom stereocenters. The number of benzene rings is 1. The molecule has 2 rings (SSSR count). The predicted octanol–water partition coefficient (Wildman–Crippen LogP) is 2.03. The highest BCUT2D eigenvalue weighted by atomic mass is 32.2. The first kappa shape index (κ1) is 17.0. The third-order valence-electron chi connectivity index (χ3n) is 3.63. The maximum atomic E-state index is 12.2. The van der Waals surface area contributed by atoms with E-state index in [9.17, 15) is 18.0 Å². The molecule has 5 nitrogen and oxygen atoms in total. The Morgan fingerprint density at radius 2 is 2.09 bits per heavy atom. The highest BCUT2D eigenvalue weighted by Gasteiger charge is 2.32. The van der Waals surface area contributed by atoms with Crippen molar-refractivity contribution >= 4 is 38.3 Å². The van der Waals surface area contributed by atoms with Gasteiger partial charge < -0.3 is 4.90 Å². The van der Waals surface area contributed by atoms with E-state index in [0.29, 0.717) is 24.4 Å². The van der Waals surface area contributed by atoms with Gasteiger partial charge in [-0.2, -0.15) is 0 Å². The highest BCUT2D eigenvalue weighted by Crippen LogP contribution is 2.31. The van der Waals surface area contributed by atoms with Crippen LogP contribution in [-0.4, -0.2) is 38.0 Å². The van der Waals surface area contributed by atoms with Crippen LogP contribution in [0.15, 0.2) is 23.1 Å². The minimum Gasteiger partial charge on any atom is -0.312 e. The van der Waals surface area contributed by atoms with Crippen molar-refractivity contribution in [1.82, 2.24) is 0 Å². The zero-order valence-electron chi connectivity index (χ0n) is 12.8. The van der Waals surface area contributed by atoms with Gasteiger partial charge in [-0.15, -0.1) is 0 Å². The molecule has 1 unspecified atom stereocenters. The van der Waals surface area contributed by atoms with Gasteiger partial charge in [0.05, 0.1) is 4.90 Å². The summed E-state index contributed by atoms with van der Waals surface area (Å²) < 4.78 is 23.4. The van der Waals surface area contributed by atoms with E-state index < -0.39 is 9.84 Å². The molecule has 1 aliphatic rings. The van der Waals surface area contributed by atoms with E-state index in [1.165, 1.54) is 18.7 Å². The Hall–Kier alpha value is -1.34. The lowest BCUT2D eigenvalue weighted by Gasteiger charge is -2.20. The van der Waals surface area contributed by atoms with Crippen LogP contribution < -0.4 is 4.90 Å². The van der Waals surface area contributed by atoms with Crippen LogP contribution in [0.2, 0.25) is 0 Å². The number of thioether (sulfide) groups is 1. The molecular weight excluding hydrogens is 322 g/mol. The van der Waals surface area contributed by atoms with Gasteiger partial charge in [-0.1, -0.05) is 17.8 Å². The lowest BCUT2D eigenvalue weighted by molar-refractivity contribution is -0.117. The molecule has 1 fully saturated rings. The first-order valence-corrected chi connectivity index (χ1v) is 9.80. The molecule has 0 aliphatic carbocycles. The Labute approximate surface area is 135 Å². The topological polar surface area (TPSA) is 71.5 Å². The normalized spacial score (nSPS) is 18.8. The summed E-state index contributed by atoms with van der Waals surface area (Å²) in [5, 5.41) is 0.0427. The molecule has 1 aromatic carbocycles. The summed E-state index contributed by atoms with van der Waals surface area (Å²) in [5.74, 6) is 0.702. The summed E-state index contributed by atoms with van der Waals surface area (Å²) in [4.78, 5) is 25.1. The molecule has 1 amide bonds. The fourth-order valence-electron chi connectivity index (χ4n) is 2.47.